The number of benzene rings is 1. The van der Waals surface area contributed by atoms with Gasteiger partial charge in [-0.15, -0.1) is 0 Å². The molecule has 9 nitrogen and oxygen atoms in total. The summed E-state index contributed by atoms with van der Waals surface area (Å²) in [6.07, 6.45) is 2.52. The number of H-pyrrole nitrogens is 1. The third-order valence-electron chi connectivity index (χ3n) is 4.66. The molecule has 3 rings (SSSR count). The highest BCUT2D eigenvalue weighted by Crippen LogP contribution is 2.39. The van der Waals surface area contributed by atoms with E-state index in [9.17, 15) is 13.2 Å². The maximum Gasteiger partial charge on any atom is 0.342 e. The first-order valence-electron chi connectivity index (χ1n) is 8.88. The number of methoxy groups -OCH3 is 2. The Labute approximate surface area is 163 Å². The van der Waals surface area contributed by atoms with E-state index in [1.54, 1.807) is 26.2 Å². The summed E-state index contributed by atoms with van der Waals surface area (Å²) in [5.74, 6) is 0.367. The Morgan fingerprint density at radius 1 is 1.29 bits per heavy atom. The molecule has 1 aliphatic heterocycles. The number of ether oxygens (including phenoxy) is 3. The number of aromatic nitrogens is 2. The van der Waals surface area contributed by atoms with Crippen molar-refractivity contribution < 1.29 is 27.4 Å². The summed E-state index contributed by atoms with van der Waals surface area (Å²) in [4.78, 5) is 12.1. The number of nitrogens with zero attached hydrogens (tertiary/aromatic N) is 2. The molecule has 0 amide bonds. The fraction of sp³-hybridized carbons (Fsp3) is 0.444. The Kier molecular flexibility index (Phi) is 5.90. The summed E-state index contributed by atoms with van der Waals surface area (Å²) in [5, 5.41) is 5.94. The summed E-state index contributed by atoms with van der Waals surface area (Å²) in [7, 11) is -0.910. The van der Waals surface area contributed by atoms with Gasteiger partial charge in [0.25, 0.3) is 10.0 Å². The van der Waals surface area contributed by atoms with Crippen LogP contribution < -0.4 is 9.47 Å². The second-order valence-corrected chi connectivity index (χ2v) is 8.05. The van der Waals surface area contributed by atoms with Crippen molar-refractivity contribution >= 4 is 16.0 Å². The van der Waals surface area contributed by atoms with Crippen LogP contribution in [0.2, 0.25) is 0 Å². The largest absolute Gasteiger partial charge is 0.493 e. The van der Waals surface area contributed by atoms with Gasteiger partial charge in [0, 0.05) is 6.54 Å². The van der Waals surface area contributed by atoms with E-state index in [-0.39, 0.29) is 23.2 Å². The number of hydrogen-bond acceptors (Lipinski definition) is 7. The van der Waals surface area contributed by atoms with Gasteiger partial charge in [-0.1, -0.05) is 6.07 Å². The number of rotatable bonds is 7. The first kappa shape index (κ1) is 20.2. The molecule has 0 radical (unpaired) electrons. The van der Waals surface area contributed by atoms with E-state index in [1.165, 1.54) is 17.6 Å². The van der Waals surface area contributed by atoms with Crippen molar-refractivity contribution in [2.75, 3.05) is 27.4 Å². The molecule has 1 saturated heterocycles. The van der Waals surface area contributed by atoms with Gasteiger partial charge < -0.3 is 14.2 Å². The van der Waals surface area contributed by atoms with Gasteiger partial charge in [-0.3, -0.25) is 5.10 Å². The van der Waals surface area contributed by atoms with Crippen LogP contribution >= 0.6 is 0 Å². The zero-order chi connectivity index (χ0) is 20.3. The topological polar surface area (TPSA) is 111 Å². The van der Waals surface area contributed by atoms with Crippen molar-refractivity contribution in [3.8, 4) is 11.5 Å². The number of hydrogen-bond donors (Lipinski definition) is 1. The minimum Gasteiger partial charge on any atom is -0.493 e. The minimum atomic E-state index is -3.98. The lowest BCUT2D eigenvalue weighted by molar-refractivity contribution is 0.0521. The van der Waals surface area contributed by atoms with Crippen LogP contribution in [-0.4, -0.2) is 56.3 Å². The van der Waals surface area contributed by atoms with E-state index < -0.39 is 16.0 Å². The average molecular weight is 409 g/mol. The van der Waals surface area contributed by atoms with Crippen LogP contribution in [0.1, 0.15) is 41.7 Å². The van der Waals surface area contributed by atoms with Gasteiger partial charge in [-0.2, -0.15) is 9.40 Å². The summed E-state index contributed by atoms with van der Waals surface area (Å²) < 4.78 is 43.5. The number of nitrogens with one attached hydrogen (secondary N) is 1. The third-order valence-corrected chi connectivity index (χ3v) is 6.54. The molecule has 152 valence electrons. The molecule has 1 fully saturated rings. The first-order chi connectivity index (χ1) is 13.4. The molecule has 2 heterocycles. The Bertz CT molecular complexity index is 956. The minimum absolute atomic E-state index is 0.0974. The summed E-state index contributed by atoms with van der Waals surface area (Å²) in [6.45, 7) is 2.13. The van der Waals surface area contributed by atoms with Crippen LogP contribution in [0.5, 0.6) is 11.5 Å². The van der Waals surface area contributed by atoms with Crippen molar-refractivity contribution in [1.82, 2.24) is 14.5 Å². The highest BCUT2D eigenvalue weighted by molar-refractivity contribution is 7.89. The molecule has 1 atom stereocenters. The van der Waals surface area contributed by atoms with Crippen LogP contribution in [0.3, 0.4) is 0 Å². The third kappa shape index (κ3) is 3.57. The van der Waals surface area contributed by atoms with Crippen LogP contribution in [0.4, 0.5) is 0 Å². The Morgan fingerprint density at radius 2 is 2.04 bits per heavy atom. The van der Waals surface area contributed by atoms with Gasteiger partial charge in [0.15, 0.2) is 16.5 Å². The molecule has 28 heavy (non-hydrogen) atoms. The number of sulfonamides is 1. The maximum atomic E-state index is 13.3. The smallest absolute Gasteiger partial charge is 0.342 e. The Hall–Kier alpha value is -2.59. The van der Waals surface area contributed by atoms with Crippen molar-refractivity contribution in [2.24, 2.45) is 0 Å². The summed E-state index contributed by atoms with van der Waals surface area (Å²) >= 11 is 0. The fourth-order valence-electron chi connectivity index (χ4n) is 3.36. The lowest BCUT2D eigenvalue weighted by Crippen LogP contribution is -2.32. The van der Waals surface area contributed by atoms with E-state index in [1.807, 2.05) is 6.07 Å². The highest BCUT2D eigenvalue weighted by Gasteiger charge is 2.39. The van der Waals surface area contributed by atoms with E-state index in [4.69, 9.17) is 14.2 Å². The van der Waals surface area contributed by atoms with Crippen molar-refractivity contribution in [3.63, 3.8) is 0 Å². The van der Waals surface area contributed by atoms with Gasteiger partial charge in [0.2, 0.25) is 0 Å². The molecule has 0 aliphatic carbocycles. The Morgan fingerprint density at radius 3 is 2.71 bits per heavy atom. The number of carbonyl (C=O) groups excluding carboxylic acids is 1. The molecule has 1 aromatic heterocycles. The van der Waals surface area contributed by atoms with Crippen LogP contribution in [0.25, 0.3) is 0 Å². The zero-order valence-corrected chi connectivity index (χ0v) is 16.8. The van der Waals surface area contributed by atoms with Gasteiger partial charge in [0.05, 0.1) is 33.1 Å². The van der Waals surface area contributed by atoms with Gasteiger partial charge in [-0.05, 0) is 37.5 Å². The fourth-order valence-corrected chi connectivity index (χ4v) is 5.11. The molecular weight excluding hydrogens is 386 g/mol. The van der Waals surface area contributed by atoms with E-state index in [2.05, 4.69) is 10.2 Å². The number of aromatic amines is 1. The maximum absolute atomic E-state index is 13.3. The second-order valence-electron chi connectivity index (χ2n) is 6.22. The molecule has 2 aromatic rings. The SMILES string of the molecule is CCOC(=O)c1cn[nH]c1S(=O)(=O)N1CCCC1c1ccc(OC)c(OC)c1. The highest BCUT2D eigenvalue weighted by atomic mass is 32.2. The van der Waals surface area contributed by atoms with E-state index in [0.29, 0.717) is 30.9 Å². The van der Waals surface area contributed by atoms with Crippen molar-refractivity contribution in [1.29, 1.82) is 0 Å². The molecule has 1 aromatic carbocycles. The number of esters is 1. The predicted molar refractivity (Wildman–Crippen MR) is 100.0 cm³/mol. The molecule has 1 aliphatic rings. The molecule has 10 heteroatoms. The second kappa shape index (κ2) is 8.19. The monoisotopic (exact) mass is 409 g/mol. The van der Waals surface area contributed by atoms with Crippen molar-refractivity contribution in [3.05, 3.63) is 35.5 Å². The predicted octanol–water partition coefficient (Wildman–Crippen LogP) is 2.13. The summed E-state index contributed by atoms with van der Waals surface area (Å²) in [5.41, 5.74) is 0.690. The van der Waals surface area contributed by atoms with Crippen LogP contribution in [-0.2, 0) is 14.8 Å². The average Bonchev–Trinajstić information content (AvgIpc) is 3.37. The normalized spacial score (nSPS) is 17.5. The lowest BCUT2D eigenvalue weighted by atomic mass is 10.0. The molecule has 0 saturated carbocycles. The van der Waals surface area contributed by atoms with Gasteiger partial charge in [-0.25, -0.2) is 13.2 Å². The van der Waals surface area contributed by atoms with E-state index >= 15 is 0 Å². The first-order valence-corrected chi connectivity index (χ1v) is 10.3. The standard InChI is InChI=1S/C18H23N3O6S/c1-4-27-18(22)13-11-19-20-17(13)28(23,24)21-9-5-6-14(21)12-7-8-15(25-2)16(10-12)26-3/h7-8,10-11,14H,4-6,9H2,1-3H3,(H,19,20). The molecular formula is C18H23N3O6S. The van der Waals surface area contributed by atoms with E-state index in [0.717, 1.165) is 5.56 Å². The van der Waals surface area contributed by atoms with Crippen LogP contribution in [0.15, 0.2) is 29.4 Å². The lowest BCUT2D eigenvalue weighted by Gasteiger charge is -2.24. The molecule has 1 N–H and O–H groups in total. The summed E-state index contributed by atoms with van der Waals surface area (Å²) in [6, 6.07) is 4.95. The van der Waals surface area contributed by atoms with Gasteiger partial charge >= 0.3 is 5.97 Å². The van der Waals surface area contributed by atoms with Gasteiger partial charge in [0.1, 0.15) is 5.56 Å². The molecule has 0 bridgehead atoms. The number of carbonyl (C=O) groups is 1. The van der Waals surface area contributed by atoms with Crippen LogP contribution in [0, 0.1) is 0 Å². The molecule has 0 spiro atoms. The quantitative estimate of drug-likeness (QED) is 0.697. The molecule has 1 unspecified atom stereocenters. The van der Waals surface area contributed by atoms with Crippen molar-refractivity contribution in [2.45, 2.75) is 30.8 Å². The Balaban J connectivity index is 1.97. The zero-order valence-electron chi connectivity index (χ0n) is 16.0.